The van der Waals surface area contributed by atoms with Crippen LogP contribution in [0.3, 0.4) is 0 Å². The molecule has 0 bridgehead atoms. The maximum absolute atomic E-state index is 13.2. The van der Waals surface area contributed by atoms with Crippen molar-refractivity contribution in [2.75, 3.05) is 24.5 Å². The predicted octanol–water partition coefficient (Wildman–Crippen LogP) is 1.80. The number of nitrogens with zero attached hydrogens (tertiary/aromatic N) is 2. The van der Waals surface area contributed by atoms with Crippen molar-refractivity contribution in [3.63, 3.8) is 0 Å². The van der Waals surface area contributed by atoms with Gasteiger partial charge in [-0.25, -0.2) is 4.39 Å². The average Bonchev–Trinajstić information content (AvgIpc) is 2.68. The van der Waals surface area contributed by atoms with E-state index in [1.54, 1.807) is 12.3 Å². The molecule has 2 atom stereocenters. The Labute approximate surface area is 101 Å². The van der Waals surface area contributed by atoms with Gasteiger partial charge in [-0.05, 0) is 31.7 Å². The Morgan fingerprint density at radius 2 is 2.12 bits per heavy atom. The van der Waals surface area contributed by atoms with E-state index in [0.29, 0.717) is 6.04 Å². The van der Waals surface area contributed by atoms with Crippen molar-refractivity contribution in [1.29, 1.82) is 0 Å². The van der Waals surface area contributed by atoms with Crippen molar-refractivity contribution in [1.82, 2.24) is 10.3 Å². The van der Waals surface area contributed by atoms with Crippen LogP contribution in [0.25, 0.3) is 0 Å². The summed E-state index contributed by atoms with van der Waals surface area (Å²) in [7, 11) is 0. The molecule has 1 aromatic heterocycles. The summed E-state index contributed by atoms with van der Waals surface area (Å²) in [6, 6.07) is 2.25. The third-order valence-electron chi connectivity index (χ3n) is 4.03. The van der Waals surface area contributed by atoms with Crippen molar-refractivity contribution < 1.29 is 4.39 Å². The SMILES string of the molecule is Fc1cncc(N2CC[C@H]3CCN[C@H]3CC2)c1. The molecule has 3 nitrogen and oxygen atoms in total. The first kappa shape index (κ1) is 11.0. The molecule has 1 aromatic rings. The summed E-state index contributed by atoms with van der Waals surface area (Å²) >= 11 is 0. The van der Waals surface area contributed by atoms with Crippen molar-refractivity contribution in [3.05, 3.63) is 24.3 Å². The van der Waals surface area contributed by atoms with Gasteiger partial charge in [-0.15, -0.1) is 0 Å². The van der Waals surface area contributed by atoms with Crippen molar-refractivity contribution in [3.8, 4) is 0 Å². The fourth-order valence-corrected chi connectivity index (χ4v) is 3.07. The molecule has 0 amide bonds. The van der Waals surface area contributed by atoms with Crippen LogP contribution in [0.1, 0.15) is 19.3 Å². The maximum Gasteiger partial charge on any atom is 0.143 e. The minimum absolute atomic E-state index is 0.245. The zero-order chi connectivity index (χ0) is 11.7. The van der Waals surface area contributed by atoms with Gasteiger partial charge in [0, 0.05) is 25.2 Å². The Hall–Kier alpha value is -1.16. The molecule has 92 valence electrons. The molecular formula is C13H18FN3. The van der Waals surface area contributed by atoms with Gasteiger partial charge in [0.1, 0.15) is 5.82 Å². The van der Waals surface area contributed by atoms with E-state index in [0.717, 1.165) is 37.7 Å². The molecule has 0 spiro atoms. The Bertz CT molecular complexity index is 382. The van der Waals surface area contributed by atoms with Crippen LogP contribution in [0.4, 0.5) is 10.1 Å². The highest BCUT2D eigenvalue weighted by atomic mass is 19.1. The van der Waals surface area contributed by atoms with Crippen LogP contribution in [0, 0.1) is 11.7 Å². The second kappa shape index (κ2) is 4.61. The van der Waals surface area contributed by atoms with Gasteiger partial charge in [0.2, 0.25) is 0 Å². The molecule has 4 heteroatoms. The van der Waals surface area contributed by atoms with Gasteiger partial charge in [0.15, 0.2) is 0 Å². The van der Waals surface area contributed by atoms with E-state index in [1.807, 2.05) is 0 Å². The number of halogens is 1. The zero-order valence-electron chi connectivity index (χ0n) is 9.90. The summed E-state index contributed by atoms with van der Waals surface area (Å²) in [4.78, 5) is 6.19. The molecule has 0 aromatic carbocycles. The van der Waals surface area contributed by atoms with E-state index in [-0.39, 0.29) is 5.82 Å². The lowest BCUT2D eigenvalue weighted by molar-refractivity contribution is 0.436. The number of anilines is 1. The molecule has 2 fully saturated rings. The highest BCUT2D eigenvalue weighted by Crippen LogP contribution is 2.27. The van der Waals surface area contributed by atoms with Gasteiger partial charge in [0.05, 0.1) is 18.1 Å². The fourth-order valence-electron chi connectivity index (χ4n) is 3.07. The summed E-state index contributed by atoms with van der Waals surface area (Å²) in [5.74, 6) is 0.562. The van der Waals surface area contributed by atoms with E-state index in [4.69, 9.17) is 0 Å². The molecule has 2 aliphatic heterocycles. The van der Waals surface area contributed by atoms with Crippen LogP contribution in [0.5, 0.6) is 0 Å². The minimum Gasteiger partial charge on any atom is -0.370 e. The van der Waals surface area contributed by atoms with Gasteiger partial charge in [-0.1, -0.05) is 0 Å². The van der Waals surface area contributed by atoms with Gasteiger partial charge in [0.25, 0.3) is 0 Å². The Kier molecular flexibility index (Phi) is 2.97. The van der Waals surface area contributed by atoms with Crippen molar-refractivity contribution in [2.24, 2.45) is 5.92 Å². The number of pyridine rings is 1. The molecule has 2 saturated heterocycles. The Balaban J connectivity index is 1.73. The number of aromatic nitrogens is 1. The second-order valence-electron chi connectivity index (χ2n) is 5.04. The molecule has 2 aliphatic rings. The first-order valence-corrected chi connectivity index (χ1v) is 6.42. The Morgan fingerprint density at radius 3 is 3.00 bits per heavy atom. The predicted molar refractivity (Wildman–Crippen MR) is 65.5 cm³/mol. The molecule has 0 aliphatic carbocycles. The lowest BCUT2D eigenvalue weighted by Gasteiger charge is -2.22. The van der Waals surface area contributed by atoms with E-state index in [9.17, 15) is 4.39 Å². The van der Waals surface area contributed by atoms with Crippen LogP contribution in [0.15, 0.2) is 18.5 Å². The van der Waals surface area contributed by atoms with E-state index < -0.39 is 0 Å². The number of fused-ring (bicyclic) bond motifs is 1. The molecule has 17 heavy (non-hydrogen) atoms. The second-order valence-corrected chi connectivity index (χ2v) is 5.04. The van der Waals surface area contributed by atoms with Gasteiger partial charge in [-0.3, -0.25) is 4.98 Å². The molecule has 3 rings (SSSR count). The lowest BCUT2D eigenvalue weighted by Crippen LogP contribution is -2.28. The van der Waals surface area contributed by atoms with E-state index >= 15 is 0 Å². The number of nitrogens with one attached hydrogen (secondary N) is 1. The Morgan fingerprint density at radius 1 is 1.24 bits per heavy atom. The van der Waals surface area contributed by atoms with Crippen LogP contribution in [-0.2, 0) is 0 Å². The summed E-state index contributed by atoms with van der Waals surface area (Å²) in [6.45, 7) is 3.18. The largest absolute Gasteiger partial charge is 0.370 e. The summed E-state index contributed by atoms with van der Waals surface area (Å²) in [5.41, 5.74) is 0.921. The molecule has 0 unspecified atom stereocenters. The lowest BCUT2D eigenvalue weighted by atomic mass is 9.96. The molecule has 0 saturated carbocycles. The minimum atomic E-state index is -0.245. The maximum atomic E-state index is 13.2. The number of hydrogen-bond donors (Lipinski definition) is 1. The summed E-state index contributed by atoms with van der Waals surface area (Å²) < 4.78 is 13.2. The van der Waals surface area contributed by atoms with Crippen LogP contribution < -0.4 is 10.2 Å². The van der Waals surface area contributed by atoms with E-state index in [2.05, 4.69) is 15.2 Å². The zero-order valence-corrected chi connectivity index (χ0v) is 9.90. The van der Waals surface area contributed by atoms with Gasteiger partial charge < -0.3 is 10.2 Å². The van der Waals surface area contributed by atoms with Gasteiger partial charge >= 0.3 is 0 Å². The molecule has 1 N–H and O–H groups in total. The third kappa shape index (κ3) is 2.27. The topological polar surface area (TPSA) is 28.2 Å². The summed E-state index contributed by atoms with van der Waals surface area (Å²) in [6.07, 6.45) is 6.67. The highest BCUT2D eigenvalue weighted by molar-refractivity contribution is 5.44. The molecule has 0 radical (unpaired) electrons. The number of hydrogen-bond acceptors (Lipinski definition) is 3. The highest BCUT2D eigenvalue weighted by Gasteiger charge is 2.29. The van der Waals surface area contributed by atoms with Crippen LogP contribution in [-0.4, -0.2) is 30.7 Å². The third-order valence-corrected chi connectivity index (χ3v) is 4.03. The molecule has 3 heterocycles. The number of rotatable bonds is 1. The monoisotopic (exact) mass is 235 g/mol. The van der Waals surface area contributed by atoms with Crippen LogP contribution >= 0.6 is 0 Å². The standard InChI is InChI=1S/C13H18FN3/c14-11-7-12(9-15-8-11)17-5-2-10-1-4-16-13(10)3-6-17/h7-10,13,16H,1-6H2/t10-,13+/m1/s1. The van der Waals surface area contributed by atoms with E-state index in [1.165, 1.54) is 19.0 Å². The van der Waals surface area contributed by atoms with Crippen LogP contribution in [0.2, 0.25) is 0 Å². The fraction of sp³-hybridized carbons (Fsp3) is 0.615. The quantitative estimate of drug-likeness (QED) is 0.804. The van der Waals surface area contributed by atoms with Crippen molar-refractivity contribution >= 4 is 5.69 Å². The van der Waals surface area contributed by atoms with Gasteiger partial charge in [-0.2, -0.15) is 0 Å². The van der Waals surface area contributed by atoms with Crippen molar-refractivity contribution in [2.45, 2.75) is 25.3 Å². The molecular weight excluding hydrogens is 217 g/mol. The smallest absolute Gasteiger partial charge is 0.143 e. The average molecular weight is 235 g/mol. The summed E-state index contributed by atoms with van der Waals surface area (Å²) in [5, 5.41) is 3.57. The first-order valence-electron chi connectivity index (χ1n) is 6.42. The first-order chi connectivity index (χ1) is 8.33. The normalized spacial score (nSPS) is 28.9.